The molecule has 1 heterocycles. The van der Waals surface area contributed by atoms with Gasteiger partial charge in [0.25, 0.3) is 0 Å². The highest BCUT2D eigenvalue weighted by molar-refractivity contribution is 6.27. The zero-order chi connectivity index (χ0) is 11.5. The van der Waals surface area contributed by atoms with E-state index in [4.69, 9.17) is 16.3 Å². The maximum atomic E-state index is 13.5. The summed E-state index contributed by atoms with van der Waals surface area (Å²) >= 11 is 5.48. The van der Waals surface area contributed by atoms with E-state index in [0.717, 1.165) is 0 Å². The van der Waals surface area contributed by atoms with Crippen LogP contribution in [0.4, 0.5) is 4.39 Å². The van der Waals surface area contributed by atoms with E-state index >= 15 is 0 Å². The highest BCUT2D eigenvalue weighted by Crippen LogP contribution is 2.25. The van der Waals surface area contributed by atoms with E-state index < -0.39 is 0 Å². The SMILES string of the molecule is O=C(CCl)N1CCOc2cccc(F)c2C1. The van der Waals surface area contributed by atoms with E-state index in [1.165, 1.54) is 11.0 Å². The van der Waals surface area contributed by atoms with Crippen molar-refractivity contribution in [3.05, 3.63) is 29.6 Å². The van der Waals surface area contributed by atoms with Crippen LogP contribution in [-0.2, 0) is 11.3 Å². The molecule has 86 valence electrons. The molecule has 0 unspecified atom stereocenters. The summed E-state index contributed by atoms with van der Waals surface area (Å²) in [6.45, 7) is 1.01. The van der Waals surface area contributed by atoms with Gasteiger partial charge >= 0.3 is 0 Å². The summed E-state index contributed by atoms with van der Waals surface area (Å²) in [5.74, 6) is -0.151. The molecule has 0 aliphatic carbocycles. The predicted molar refractivity (Wildman–Crippen MR) is 58.0 cm³/mol. The van der Waals surface area contributed by atoms with Gasteiger partial charge in [0.1, 0.15) is 24.1 Å². The molecule has 1 aromatic carbocycles. The number of ether oxygens (including phenoxy) is 1. The fraction of sp³-hybridized carbons (Fsp3) is 0.364. The first kappa shape index (κ1) is 11.2. The van der Waals surface area contributed by atoms with E-state index in [2.05, 4.69) is 0 Å². The highest BCUT2D eigenvalue weighted by Gasteiger charge is 2.21. The van der Waals surface area contributed by atoms with E-state index in [9.17, 15) is 9.18 Å². The molecule has 0 N–H and O–H groups in total. The van der Waals surface area contributed by atoms with Gasteiger partial charge in [-0.2, -0.15) is 0 Å². The standard InChI is InChI=1S/C11H11ClFNO2/c12-6-11(15)14-4-5-16-10-3-1-2-9(13)8(10)7-14/h1-3H,4-7H2. The van der Waals surface area contributed by atoms with Gasteiger partial charge in [-0.15, -0.1) is 11.6 Å². The first-order valence-electron chi connectivity index (χ1n) is 4.96. The van der Waals surface area contributed by atoms with Crippen LogP contribution in [0.3, 0.4) is 0 Å². The summed E-state index contributed by atoms with van der Waals surface area (Å²) in [5.41, 5.74) is 0.415. The topological polar surface area (TPSA) is 29.5 Å². The smallest absolute Gasteiger partial charge is 0.237 e. The molecule has 16 heavy (non-hydrogen) atoms. The van der Waals surface area contributed by atoms with Crippen LogP contribution in [0, 0.1) is 5.82 Å². The Bertz CT molecular complexity index is 411. The number of halogens is 2. The lowest BCUT2D eigenvalue weighted by molar-refractivity contribution is -0.129. The maximum absolute atomic E-state index is 13.5. The van der Waals surface area contributed by atoms with Crippen LogP contribution >= 0.6 is 11.6 Å². The number of nitrogens with zero attached hydrogens (tertiary/aromatic N) is 1. The van der Waals surface area contributed by atoms with Crippen molar-refractivity contribution in [2.45, 2.75) is 6.54 Å². The third-order valence-corrected chi connectivity index (χ3v) is 2.74. The quantitative estimate of drug-likeness (QED) is 0.704. The number of benzene rings is 1. The monoisotopic (exact) mass is 243 g/mol. The Morgan fingerprint density at radius 3 is 3.12 bits per heavy atom. The van der Waals surface area contributed by atoms with Crippen LogP contribution in [0.2, 0.25) is 0 Å². The Labute approximate surface area is 97.8 Å². The van der Waals surface area contributed by atoms with Gasteiger partial charge in [-0.3, -0.25) is 4.79 Å². The van der Waals surface area contributed by atoms with E-state index in [1.807, 2.05) is 0 Å². The number of rotatable bonds is 1. The van der Waals surface area contributed by atoms with Crippen molar-refractivity contribution in [1.29, 1.82) is 0 Å². The van der Waals surface area contributed by atoms with Crippen molar-refractivity contribution in [3.63, 3.8) is 0 Å². The summed E-state index contributed by atoms with van der Waals surface area (Å²) in [4.78, 5) is 13.0. The number of carbonyl (C=O) groups is 1. The van der Waals surface area contributed by atoms with Gasteiger partial charge in [0.05, 0.1) is 13.1 Å². The fourth-order valence-electron chi connectivity index (χ4n) is 1.66. The molecule has 1 aliphatic rings. The van der Waals surface area contributed by atoms with Gasteiger partial charge in [-0.25, -0.2) is 4.39 Å². The molecular formula is C11H11ClFNO2. The zero-order valence-corrected chi connectivity index (χ0v) is 9.34. The Balaban J connectivity index is 2.29. The second-order valence-electron chi connectivity index (χ2n) is 3.51. The van der Waals surface area contributed by atoms with Crippen LogP contribution in [0.15, 0.2) is 18.2 Å². The van der Waals surface area contributed by atoms with Crippen LogP contribution in [-0.4, -0.2) is 29.8 Å². The van der Waals surface area contributed by atoms with E-state index in [-0.39, 0.29) is 24.1 Å². The molecule has 0 spiro atoms. The molecule has 5 heteroatoms. The van der Waals surface area contributed by atoms with Crippen LogP contribution in [0.5, 0.6) is 5.75 Å². The Morgan fingerprint density at radius 2 is 2.38 bits per heavy atom. The Kier molecular flexibility index (Phi) is 3.29. The third-order valence-electron chi connectivity index (χ3n) is 2.51. The first-order valence-corrected chi connectivity index (χ1v) is 5.49. The number of carbonyl (C=O) groups excluding carboxylic acids is 1. The molecule has 3 nitrogen and oxygen atoms in total. The minimum absolute atomic E-state index is 0.0935. The van der Waals surface area contributed by atoms with Crippen molar-refractivity contribution < 1.29 is 13.9 Å². The largest absolute Gasteiger partial charge is 0.491 e. The van der Waals surface area contributed by atoms with Crippen molar-refractivity contribution in [1.82, 2.24) is 4.90 Å². The number of fused-ring (bicyclic) bond motifs is 1. The number of hydrogen-bond donors (Lipinski definition) is 0. The highest BCUT2D eigenvalue weighted by atomic mass is 35.5. The number of amides is 1. The summed E-state index contributed by atoms with van der Waals surface area (Å²) in [5, 5.41) is 0. The molecule has 2 rings (SSSR count). The average Bonchev–Trinajstić information content (AvgIpc) is 2.51. The Morgan fingerprint density at radius 1 is 1.56 bits per heavy atom. The lowest BCUT2D eigenvalue weighted by Gasteiger charge is -2.18. The van der Waals surface area contributed by atoms with E-state index in [1.54, 1.807) is 12.1 Å². The summed E-state index contributed by atoms with van der Waals surface area (Å²) in [6.07, 6.45) is 0. The molecule has 0 bridgehead atoms. The summed E-state index contributed by atoms with van der Waals surface area (Å²) in [7, 11) is 0. The first-order chi connectivity index (χ1) is 7.72. The van der Waals surface area contributed by atoms with Crippen molar-refractivity contribution in [2.75, 3.05) is 19.0 Å². The molecule has 0 fully saturated rings. The second-order valence-corrected chi connectivity index (χ2v) is 3.78. The lowest BCUT2D eigenvalue weighted by atomic mass is 10.2. The van der Waals surface area contributed by atoms with Crippen molar-refractivity contribution in [3.8, 4) is 5.75 Å². The van der Waals surface area contributed by atoms with Crippen LogP contribution in [0.1, 0.15) is 5.56 Å². The zero-order valence-electron chi connectivity index (χ0n) is 8.58. The van der Waals surface area contributed by atoms with Crippen LogP contribution < -0.4 is 4.74 Å². The fourth-order valence-corrected chi connectivity index (χ4v) is 1.83. The molecule has 0 radical (unpaired) electrons. The van der Waals surface area contributed by atoms with Crippen molar-refractivity contribution >= 4 is 17.5 Å². The van der Waals surface area contributed by atoms with Crippen LogP contribution in [0.25, 0.3) is 0 Å². The molecule has 0 atom stereocenters. The number of alkyl halides is 1. The summed E-state index contributed by atoms with van der Waals surface area (Å²) < 4.78 is 18.9. The molecule has 1 amide bonds. The van der Waals surface area contributed by atoms with Gasteiger partial charge in [0.15, 0.2) is 0 Å². The maximum Gasteiger partial charge on any atom is 0.237 e. The third kappa shape index (κ3) is 2.11. The molecule has 0 aromatic heterocycles. The van der Waals surface area contributed by atoms with E-state index in [0.29, 0.717) is 24.5 Å². The van der Waals surface area contributed by atoms with Gasteiger partial charge in [0, 0.05) is 5.56 Å². The normalized spacial score (nSPS) is 15.0. The molecule has 1 aliphatic heterocycles. The van der Waals surface area contributed by atoms with Gasteiger partial charge in [-0.1, -0.05) is 6.07 Å². The average molecular weight is 244 g/mol. The minimum atomic E-state index is -0.355. The number of hydrogen-bond acceptors (Lipinski definition) is 2. The van der Waals surface area contributed by atoms with Gasteiger partial charge in [-0.05, 0) is 12.1 Å². The molecule has 0 saturated carbocycles. The minimum Gasteiger partial charge on any atom is -0.491 e. The van der Waals surface area contributed by atoms with Gasteiger partial charge < -0.3 is 9.64 Å². The van der Waals surface area contributed by atoms with Crippen molar-refractivity contribution in [2.24, 2.45) is 0 Å². The second kappa shape index (κ2) is 4.70. The van der Waals surface area contributed by atoms with Gasteiger partial charge in [0.2, 0.25) is 5.91 Å². The summed E-state index contributed by atoms with van der Waals surface area (Å²) in [6, 6.07) is 4.65. The molecule has 0 saturated heterocycles. The molecule has 1 aromatic rings. The Hall–Kier alpha value is -1.29. The predicted octanol–water partition coefficient (Wildman–Crippen LogP) is 1.79. The lowest BCUT2D eigenvalue weighted by Crippen LogP contribution is -2.33. The molecular weight excluding hydrogens is 233 g/mol.